The minimum absolute atomic E-state index is 0.568. The van der Waals surface area contributed by atoms with Gasteiger partial charge in [-0.2, -0.15) is 5.26 Å². The van der Waals surface area contributed by atoms with Crippen LogP contribution in [0.1, 0.15) is 0 Å². The van der Waals surface area contributed by atoms with Gasteiger partial charge in [0.25, 0.3) is 0 Å². The predicted octanol–water partition coefficient (Wildman–Crippen LogP) is 0.579. The summed E-state index contributed by atoms with van der Waals surface area (Å²) in [5, 5.41) is 15.6. The zero-order chi connectivity index (χ0) is 13.0. The number of carboxylic acids is 1. The summed E-state index contributed by atoms with van der Waals surface area (Å²) in [7, 11) is 0. The molecule has 0 bridgehead atoms. The SMILES string of the molecule is C=CC#N.C=CC(=O)OC(=O)/C=C\C(=O)O. The second kappa shape index (κ2) is 10.4. The number of hydrogen-bond donors (Lipinski definition) is 1. The quantitative estimate of drug-likeness (QED) is 0.324. The molecule has 84 valence electrons. The highest BCUT2D eigenvalue weighted by atomic mass is 16.6. The monoisotopic (exact) mass is 223 g/mol. The fourth-order valence-corrected chi connectivity index (χ4v) is 0.314. The molecule has 0 radical (unpaired) electrons. The zero-order valence-electron chi connectivity index (χ0n) is 8.25. The average molecular weight is 223 g/mol. The smallest absolute Gasteiger partial charge is 0.338 e. The molecule has 0 atom stereocenters. The molecule has 0 aliphatic carbocycles. The highest BCUT2D eigenvalue weighted by Gasteiger charge is 2.02. The zero-order valence-corrected chi connectivity index (χ0v) is 8.25. The van der Waals surface area contributed by atoms with E-state index in [1.807, 2.05) is 0 Å². The van der Waals surface area contributed by atoms with E-state index in [4.69, 9.17) is 10.4 Å². The van der Waals surface area contributed by atoms with Crippen LogP contribution >= 0.6 is 0 Å². The molecule has 0 aromatic carbocycles. The molecule has 0 amide bonds. The van der Waals surface area contributed by atoms with E-state index in [9.17, 15) is 14.4 Å². The maximum absolute atomic E-state index is 10.5. The number of nitrogens with zero attached hydrogens (tertiary/aromatic N) is 1. The molecule has 0 saturated carbocycles. The van der Waals surface area contributed by atoms with Crippen molar-refractivity contribution in [3.05, 3.63) is 37.5 Å². The molecular weight excluding hydrogens is 214 g/mol. The summed E-state index contributed by atoms with van der Waals surface area (Å²) in [6, 6.07) is 1.69. The van der Waals surface area contributed by atoms with Crippen LogP contribution < -0.4 is 0 Å². The molecule has 0 aromatic rings. The summed E-state index contributed by atoms with van der Waals surface area (Å²) in [6.45, 7) is 6.16. The number of ether oxygens (including phenoxy) is 1. The van der Waals surface area contributed by atoms with Gasteiger partial charge in [0, 0.05) is 24.3 Å². The lowest BCUT2D eigenvalue weighted by Crippen LogP contribution is -2.07. The summed E-state index contributed by atoms with van der Waals surface area (Å²) >= 11 is 0. The van der Waals surface area contributed by atoms with E-state index >= 15 is 0 Å². The number of carboxylic acid groups (broad SMARTS) is 1. The van der Waals surface area contributed by atoms with E-state index in [0.29, 0.717) is 12.2 Å². The fourth-order valence-electron chi connectivity index (χ4n) is 0.314. The lowest BCUT2D eigenvalue weighted by Gasteiger charge is -1.91. The molecule has 0 saturated heterocycles. The number of carbonyl (C=O) groups is 3. The van der Waals surface area contributed by atoms with Gasteiger partial charge in [-0.1, -0.05) is 13.2 Å². The van der Waals surface area contributed by atoms with Gasteiger partial charge in [0.05, 0.1) is 6.07 Å². The number of hydrogen-bond acceptors (Lipinski definition) is 5. The first-order valence-corrected chi connectivity index (χ1v) is 3.77. The number of nitriles is 1. The molecule has 0 aliphatic rings. The van der Waals surface area contributed by atoms with E-state index in [2.05, 4.69) is 17.9 Å². The number of carbonyl (C=O) groups excluding carboxylic acids is 2. The number of aliphatic carboxylic acids is 1. The first-order valence-electron chi connectivity index (χ1n) is 3.77. The standard InChI is InChI=1S/C7H6O5.C3H3N/c1-2-6(10)12-7(11)4-3-5(8)9;1-2-3-4/h2-4H,1H2,(H,8,9);2H,1H2/b4-3-;. The van der Waals surface area contributed by atoms with Crippen molar-refractivity contribution >= 4 is 17.9 Å². The van der Waals surface area contributed by atoms with Gasteiger partial charge in [-0.05, 0) is 0 Å². The Morgan fingerprint density at radius 2 is 1.69 bits per heavy atom. The van der Waals surface area contributed by atoms with Gasteiger partial charge in [-0.15, -0.1) is 0 Å². The predicted molar refractivity (Wildman–Crippen MR) is 53.9 cm³/mol. The number of rotatable bonds is 3. The summed E-state index contributed by atoms with van der Waals surface area (Å²) in [4.78, 5) is 30.7. The molecule has 0 aromatic heterocycles. The summed E-state index contributed by atoms with van der Waals surface area (Å²) in [5.41, 5.74) is 0. The molecule has 0 heterocycles. The average Bonchev–Trinajstić information content (AvgIpc) is 2.26. The molecule has 6 heteroatoms. The van der Waals surface area contributed by atoms with Crippen LogP contribution in [-0.4, -0.2) is 23.0 Å². The van der Waals surface area contributed by atoms with Crippen LogP contribution in [0.5, 0.6) is 0 Å². The van der Waals surface area contributed by atoms with Crippen LogP contribution in [0.4, 0.5) is 0 Å². The fraction of sp³-hybridized carbons (Fsp3) is 0. The summed E-state index contributed by atoms with van der Waals surface area (Å²) < 4.78 is 4.00. The molecule has 0 rings (SSSR count). The van der Waals surface area contributed by atoms with Crippen LogP contribution in [0.3, 0.4) is 0 Å². The van der Waals surface area contributed by atoms with E-state index in [1.165, 1.54) is 6.08 Å². The first kappa shape index (κ1) is 15.8. The van der Waals surface area contributed by atoms with Gasteiger partial charge in [-0.25, -0.2) is 14.4 Å². The molecule has 0 unspecified atom stereocenters. The minimum atomic E-state index is -1.29. The third-order valence-corrected chi connectivity index (χ3v) is 0.821. The Kier molecular flexibility index (Phi) is 10.3. The number of allylic oxidation sites excluding steroid dienone is 1. The van der Waals surface area contributed by atoms with E-state index in [1.54, 1.807) is 6.07 Å². The lowest BCUT2D eigenvalue weighted by molar-refractivity contribution is -0.152. The second-order valence-electron chi connectivity index (χ2n) is 1.95. The summed E-state index contributed by atoms with van der Waals surface area (Å²) in [6.07, 6.45) is 3.18. The molecular formula is C10H9NO5. The Morgan fingerprint density at radius 1 is 1.19 bits per heavy atom. The Labute approximate surface area is 91.7 Å². The van der Waals surface area contributed by atoms with E-state index in [0.717, 1.165) is 6.08 Å². The van der Waals surface area contributed by atoms with Crippen molar-refractivity contribution in [2.75, 3.05) is 0 Å². The highest BCUT2D eigenvalue weighted by Crippen LogP contribution is 1.84. The van der Waals surface area contributed by atoms with E-state index in [-0.39, 0.29) is 0 Å². The molecule has 0 spiro atoms. The van der Waals surface area contributed by atoms with Crippen LogP contribution in [0.2, 0.25) is 0 Å². The summed E-state index contributed by atoms with van der Waals surface area (Å²) in [5.74, 6) is -3.25. The van der Waals surface area contributed by atoms with Crippen molar-refractivity contribution in [2.24, 2.45) is 0 Å². The van der Waals surface area contributed by atoms with Gasteiger partial charge in [0.2, 0.25) is 0 Å². The van der Waals surface area contributed by atoms with Crippen molar-refractivity contribution in [1.29, 1.82) is 5.26 Å². The highest BCUT2D eigenvalue weighted by molar-refractivity contribution is 5.98. The van der Waals surface area contributed by atoms with Crippen molar-refractivity contribution in [2.45, 2.75) is 0 Å². The van der Waals surface area contributed by atoms with Crippen LogP contribution in [0.15, 0.2) is 37.5 Å². The third kappa shape index (κ3) is 13.9. The van der Waals surface area contributed by atoms with Crippen LogP contribution in [0.25, 0.3) is 0 Å². The normalized spacial score (nSPS) is 7.94. The Bertz CT molecular complexity index is 362. The Morgan fingerprint density at radius 3 is 2.00 bits per heavy atom. The largest absolute Gasteiger partial charge is 0.478 e. The topological polar surface area (TPSA) is 104 Å². The second-order valence-corrected chi connectivity index (χ2v) is 1.95. The molecule has 16 heavy (non-hydrogen) atoms. The molecule has 0 fully saturated rings. The van der Waals surface area contributed by atoms with Crippen molar-refractivity contribution in [1.82, 2.24) is 0 Å². The maximum atomic E-state index is 10.5. The van der Waals surface area contributed by atoms with Gasteiger partial charge in [-0.3, -0.25) is 0 Å². The van der Waals surface area contributed by atoms with Gasteiger partial charge >= 0.3 is 17.9 Å². The van der Waals surface area contributed by atoms with Crippen molar-refractivity contribution in [3.63, 3.8) is 0 Å². The maximum Gasteiger partial charge on any atom is 0.338 e. The Hall–Kier alpha value is -2.68. The van der Waals surface area contributed by atoms with E-state index < -0.39 is 17.9 Å². The number of esters is 2. The lowest BCUT2D eigenvalue weighted by atomic mass is 10.5. The molecule has 6 nitrogen and oxygen atoms in total. The third-order valence-electron chi connectivity index (χ3n) is 0.821. The molecule has 0 aliphatic heterocycles. The van der Waals surface area contributed by atoms with Crippen molar-refractivity contribution < 1.29 is 24.2 Å². The van der Waals surface area contributed by atoms with Crippen molar-refractivity contribution in [3.8, 4) is 6.07 Å². The minimum Gasteiger partial charge on any atom is -0.478 e. The van der Waals surface area contributed by atoms with Crippen LogP contribution in [-0.2, 0) is 19.1 Å². The van der Waals surface area contributed by atoms with Gasteiger partial charge < -0.3 is 9.84 Å². The van der Waals surface area contributed by atoms with Crippen LogP contribution in [0, 0.1) is 11.3 Å². The van der Waals surface area contributed by atoms with Gasteiger partial charge in [0.1, 0.15) is 0 Å². The Balaban J connectivity index is 0. The van der Waals surface area contributed by atoms with Gasteiger partial charge in [0.15, 0.2) is 0 Å². The molecule has 1 N–H and O–H groups in total. The first-order chi connectivity index (χ1) is 7.47.